The third kappa shape index (κ3) is 2.63. The zero-order valence-corrected chi connectivity index (χ0v) is 11.9. The molecule has 1 aromatic carbocycles. The summed E-state index contributed by atoms with van der Waals surface area (Å²) in [6, 6.07) is 8.21. The number of piperazine rings is 1. The molecule has 0 bridgehead atoms. The van der Waals surface area contributed by atoms with E-state index in [-0.39, 0.29) is 5.92 Å². The minimum Gasteiger partial charge on any atom is -0.337 e. The number of carbonyl (C=O) groups excluding carboxylic acids is 1. The lowest BCUT2D eigenvalue weighted by atomic mass is 10.1. The highest BCUT2D eigenvalue weighted by molar-refractivity contribution is 6.30. The Morgan fingerprint density at radius 1 is 1.47 bits per heavy atom. The van der Waals surface area contributed by atoms with Crippen LogP contribution >= 0.6 is 11.6 Å². The Kier molecular flexibility index (Phi) is 3.50. The fourth-order valence-corrected chi connectivity index (χ4v) is 3.15. The third-order valence-electron chi connectivity index (χ3n) is 4.17. The van der Waals surface area contributed by atoms with Crippen molar-refractivity contribution in [1.82, 2.24) is 10.2 Å². The molecule has 1 aliphatic heterocycles. The second kappa shape index (κ2) is 5.14. The second-order valence-electron chi connectivity index (χ2n) is 5.59. The molecule has 3 atom stereocenters. The Morgan fingerprint density at radius 2 is 2.32 bits per heavy atom. The topological polar surface area (TPSA) is 32.3 Å². The Hall–Kier alpha value is -1.06. The summed E-state index contributed by atoms with van der Waals surface area (Å²) in [6.07, 6.45) is 0.968. The van der Waals surface area contributed by atoms with E-state index in [1.807, 2.05) is 23.1 Å². The molecule has 1 amide bonds. The van der Waals surface area contributed by atoms with E-state index in [4.69, 9.17) is 11.6 Å². The largest absolute Gasteiger partial charge is 0.337 e. The van der Waals surface area contributed by atoms with Gasteiger partial charge < -0.3 is 10.2 Å². The molecule has 0 aromatic heterocycles. The SMILES string of the molecule is CC1CNCCN1C(=O)C1CC1c1cccc(Cl)c1. The van der Waals surface area contributed by atoms with Gasteiger partial charge in [-0.05, 0) is 37.0 Å². The van der Waals surface area contributed by atoms with Crippen LogP contribution in [0.25, 0.3) is 0 Å². The summed E-state index contributed by atoms with van der Waals surface area (Å²) < 4.78 is 0. The Bertz CT molecular complexity index is 491. The first-order chi connectivity index (χ1) is 9.16. The van der Waals surface area contributed by atoms with Gasteiger partial charge in [0, 0.05) is 36.6 Å². The van der Waals surface area contributed by atoms with Gasteiger partial charge in [-0.3, -0.25) is 4.79 Å². The van der Waals surface area contributed by atoms with Crippen molar-refractivity contribution in [3.8, 4) is 0 Å². The number of rotatable bonds is 2. The van der Waals surface area contributed by atoms with Crippen LogP contribution in [-0.4, -0.2) is 36.5 Å². The van der Waals surface area contributed by atoms with Gasteiger partial charge in [0.25, 0.3) is 0 Å². The summed E-state index contributed by atoms with van der Waals surface area (Å²) in [5, 5.41) is 4.07. The van der Waals surface area contributed by atoms with Crippen molar-refractivity contribution >= 4 is 17.5 Å². The van der Waals surface area contributed by atoms with Crippen LogP contribution in [-0.2, 0) is 4.79 Å². The van der Waals surface area contributed by atoms with Crippen molar-refractivity contribution in [3.63, 3.8) is 0 Å². The standard InChI is InChI=1S/C15H19ClN2O/c1-10-9-17-5-6-18(10)15(19)14-8-13(14)11-3-2-4-12(16)7-11/h2-4,7,10,13-14,17H,5-6,8-9H2,1H3. The quantitative estimate of drug-likeness (QED) is 0.900. The number of nitrogens with zero attached hydrogens (tertiary/aromatic N) is 1. The zero-order chi connectivity index (χ0) is 13.4. The number of carbonyl (C=O) groups is 1. The van der Waals surface area contributed by atoms with Crippen LogP contribution in [0.5, 0.6) is 0 Å². The van der Waals surface area contributed by atoms with Crippen LogP contribution in [0.15, 0.2) is 24.3 Å². The first-order valence-corrected chi connectivity index (χ1v) is 7.31. The van der Waals surface area contributed by atoms with E-state index in [0.717, 1.165) is 31.1 Å². The highest BCUT2D eigenvalue weighted by Gasteiger charge is 2.46. The summed E-state index contributed by atoms with van der Waals surface area (Å²) in [5.74, 6) is 0.853. The van der Waals surface area contributed by atoms with Gasteiger partial charge in [0.15, 0.2) is 0 Å². The average molecular weight is 279 g/mol. The van der Waals surface area contributed by atoms with Crippen LogP contribution in [0.3, 0.4) is 0 Å². The van der Waals surface area contributed by atoms with Gasteiger partial charge in [-0.15, -0.1) is 0 Å². The van der Waals surface area contributed by atoms with E-state index in [9.17, 15) is 4.79 Å². The Morgan fingerprint density at radius 3 is 3.05 bits per heavy atom. The first-order valence-electron chi connectivity index (χ1n) is 6.93. The van der Waals surface area contributed by atoms with Crippen LogP contribution in [0.4, 0.5) is 0 Å². The lowest BCUT2D eigenvalue weighted by molar-refractivity contribution is -0.135. The molecule has 3 unspecified atom stereocenters. The maximum Gasteiger partial charge on any atom is 0.226 e. The van der Waals surface area contributed by atoms with Gasteiger partial charge in [0.1, 0.15) is 0 Å². The molecular weight excluding hydrogens is 260 g/mol. The summed E-state index contributed by atoms with van der Waals surface area (Å²) in [6.45, 7) is 4.75. The Balaban J connectivity index is 1.67. The van der Waals surface area contributed by atoms with Crippen molar-refractivity contribution < 1.29 is 4.79 Å². The molecule has 4 heteroatoms. The van der Waals surface area contributed by atoms with E-state index < -0.39 is 0 Å². The molecule has 2 aliphatic rings. The molecule has 1 saturated carbocycles. The first kappa shape index (κ1) is 12.9. The number of benzene rings is 1. The minimum atomic E-state index is 0.166. The molecule has 1 aliphatic carbocycles. The molecule has 2 fully saturated rings. The number of nitrogens with one attached hydrogen (secondary N) is 1. The zero-order valence-electron chi connectivity index (χ0n) is 11.1. The molecule has 102 valence electrons. The molecule has 1 saturated heterocycles. The van der Waals surface area contributed by atoms with Crippen molar-refractivity contribution in [3.05, 3.63) is 34.9 Å². The van der Waals surface area contributed by atoms with Crippen LogP contribution in [0.1, 0.15) is 24.8 Å². The molecule has 1 aromatic rings. The van der Waals surface area contributed by atoms with E-state index in [1.54, 1.807) is 0 Å². The summed E-state index contributed by atoms with van der Waals surface area (Å²) in [4.78, 5) is 14.5. The van der Waals surface area contributed by atoms with E-state index in [0.29, 0.717) is 17.9 Å². The van der Waals surface area contributed by atoms with Crippen molar-refractivity contribution in [2.45, 2.75) is 25.3 Å². The monoisotopic (exact) mass is 278 g/mol. The fourth-order valence-electron chi connectivity index (χ4n) is 2.95. The maximum absolute atomic E-state index is 12.5. The van der Waals surface area contributed by atoms with E-state index >= 15 is 0 Å². The molecule has 1 heterocycles. The second-order valence-corrected chi connectivity index (χ2v) is 6.02. The predicted molar refractivity (Wildman–Crippen MR) is 76.3 cm³/mol. The molecule has 0 radical (unpaired) electrons. The van der Waals surface area contributed by atoms with E-state index in [2.05, 4.69) is 18.3 Å². The third-order valence-corrected chi connectivity index (χ3v) is 4.40. The van der Waals surface area contributed by atoms with Crippen molar-refractivity contribution in [2.75, 3.05) is 19.6 Å². The van der Waals surface area contributed by atoms with Crippen LogP contribution in [0.2, 0.25) is 5.02 Å². The predicted octanol–water partition coefficient (Wildman–Crippen LogP) is 2.26. The van der Waals surface area contributed by atoms with Gasteiger partial charge in [-0.2, -0.15) is 0 Å². The maximum atomic E-state index is 12.5. The van der Waals surface area contributed by atoms with Gasteiger partial charge in [-0.1, -0.05) is 23.7 Å². The number of hydrogen-bond donors (Lipinski definition) is 1. The molecule has 1 N–H and O–H groups in total. The van der Waals surface area contributed by atoms with Crippen LogP contribution < -0.4 is 5.32 Å². The van der Waals surface area contributed by atoms with Gasteiger partial charge in [0.2, 0.25) is 5.91 Å². The van der Waals surface area contributed by atoms with Gasteiger partial charge >= 0.3 is 0 Å². The highest BCUT2D eigenvalue weighted by Crippen LogP contribution is 2.49. The number of hydrogen-bond acceptors (Lipinski definition) is 2. The molecular formula is C15H19ClN2O. The van der Waals surface area contributed by atoms with Gasteiger partial charge in [0.05, 0.1) is 0 Å². The average Bonchev–Trinajstić information content (AvgIpc) is 3.19. The molecule has 3 nitrogen and oxygen atoms in total. The van der Waals surface area contributed by atoms with E-state index in [1.165, 1.54) is 5.56 Å². The lowest BCUT2D eigenvalue weighted by Gasteiger charge is -2.34. The summed E-state index contributed by atoms with van der Waals surface area (Å²) >= 11 is 6.01. The fraction of sp³-hybridized carbons (Fsp3) is 0.533. The summed E-state index contributed by atoms with van der Waals surface area (Å²) in [5.41, 5.74) is 1.20. The Labute approximate surface area is 118 Å². The van der Waals surface area contributed by atoms with Crippen molar-refractivity contribution in [2.24, 2.45) is 5.92 Å². The number of halogens is 1. The van der Waals surface area contributed by atoms with Crippen molar-refractivity contribution in [1.29, 1.82) is 0 Å². The molecule has 0 spiro atoms. The molecule has 3 rings (SSSR count). The number of amides is 1. The van der Waals surface area contributed by atoms with Gasteiger partial charge in [-0.25, -0.2) is 0 Å². The van der Waals surface area contributed by atoms with Crippen LogP contribution in [0, 0.1) is 5.92 Å². The summed E-state index contributed by atoms with van der Waals surface area (Å²) in [7, 11) is 0. The smallest absolute Gasteiger partial charge is 0.226 e. The normalized spacial score (nSPS) is 30.2. The highest BCUT2D eigenvalue weighted by atomic mass is 35.5. The minimum absolute atomic E-state index is 0.166. The lowest BCUT2D eigenvalue weighted by Crippen LogP contribution is -2.52. The molecule has 19 heavy (non-hydrogen) atoms.